The summed E-state index contributed by atoms with van der Waals surface area (Å²) in [6.07, 6.45) is 1.57. The molecule has 1 aliphatic rings. The smallest absolute Gasteiger partial charge is 0.313 e. The number of hydrogen-bond donors (Lipinski definition) is 3. The first-order chi connectivity index (χ1) is 11.8. The number of para-hydroxylation sites is 1. The fraction of sp³-hybridized carbons (Fsp3) is 0.619. The monoisotopic (exact) mass is 359 g/mol. The Labute approximate surface area is 157 Å². The van der Waals surface area contributed by atoms with Gasteiger partial charge in [0.05, 0.1) is 0 Å². The summed E-state index contributed by atoms with van der Waals surface area (Å²) >= 11 is 0. The Morgan fingerprint density at radius 2 is 1.54 bits per heavy atom. The van der Waals surface area contributed by atoms with Gasteiger partial charge < -0.3 is 16.0 Å². The number of hydrogen-bond acceptors (Lipinski definition) is 3. The second-order valence-electron chi connectivity index (χ2n) is 9.72. The zero-order valence-corrected chi connectivity index (χ0v) is 17.1. The normalized spacial score (nSPS) is 19.7. The number of rotatable bonds is 2. The van der Waals surface area contributed by atoms with E-state index in [9.17, 15) is 9.59 Å². The van der Waals surface area contributed by atoms with E-state index in [0.29, 0.717) is 5.69 Å². The van der Waals surface area contributed by atoms with Crippen LogP contribution in [0.15, 0.2) is 24.3 Å². The summed E-state index contributed by atoms with van der Waals surface area (Å²) in [4.78, 5) is 24.9. The van der Waals surface area contributed by atoms with Crippen LogP contribution >= 0.6 is 0 Å². The predicted octanol–water partition coefficient (Wildman–Crippen LogP) is 3.35. The summed E-state index contributed by atoms with van der Waals surface area (Å²) in [6.45, 7) is 14.7. The van der Waals surface area contributed by atoms with E-state index in [1.807, 2.05) is 24.3 Å². The van der Waals surface area contributed by atoms with Gasteiger partial charge in [0, 0.05) is 22.8 Å². The molecule has 1 aromatic rings. The fourth-order valence-corrected chi connectivity index (χ4v) is 4.10. The van der Waals surface area contributed by atoms with E-state index in [1.165, 1.54) is 0 Å². The van der Waals surface area contributed by atoms with Crippen LogP contribution in [0.3, 0.4) is 0 Å². The second kappa shape index (κ2) is 7.03. The van der Waals surface area contributed by atoms with Gasteiger partial charge in [0.15, 0.2) is 0 Å². The Morgan fingerprint density at radius 3 is 2.08 bits per heavy atom. The molecular weight excluding hydrogens is 326 g/mol. The highest BCUT2D eigenvalue weighted by Gasteiger charge is 2.38. The molecule has 0 radical (unpaired) electrons. The lowest BCUT2D eigenvalue weighted by Gasteiger charge is -2.46. The second-order valence-corrected chi connectivity index (χ2v) is 9.72. The number of anilines is 1. The molecule has 0 aliphatic carbocycles. The minimum atomic E-state index is -0.615. The molecular formula is C21H33N3O2. The van der Waals surface area contributed by atoms with Gasteiger partial charge in [-0.1, -0.05) is 39.0 Å². The van der Waals surface area contributed by atoms with Gasteiger partial charge >= 0.3 is 11.8 Å². The van der Waals surface area contributed by atoms with Crippen LogP contribution in [0.5, 0.6) is 0 Å². The molecule has 2 rings (SSSR count). The van der Waals surface area contributed by atoms with Crippen LogP contribution < -0.4 is 16.0 Å². The Bertz CT molecular complexity index is 671. The maximum absolute atomic E-state index is 12.5. The summed E-state index contributed by atoms with van der Waals surface area (Å²) in [7, 11) is 0. The van der Waals surface area contributed by atoms with Gasteiger partial charge in [0.25, 0.3) is 0 Å². The van der Waals surface area contributed by atoms with Crippen LogP contribution in [0.2, 0.25) is 0 Å². The van der Waals surface area contributed by atoms with Crippen LogP contribution in [0, 0.1) is 0 Å². The average molecular weight is 360 g/mol. The van der Waals surface area contributed by atoms with Gasteiger partial charge in [-0.25, -0.2) is 0 Å². The molecule has 5 heteroatoms. The Hall–Kier alpha value is -1.88. The van der Waals surface area contributed by atoms with Crippen molar-refractivity contribution in [3.8, 4) is 0 Å². The van der Waals surface area contributed by atoms with E-state index in [0.717, 1.165) is 18.4 Å². The van der Waals surface area contributed by atoms with E-state index >= 15 is 0 Å². The Kier molecular flexibility index (Phi) is 5.52. The molecule has 0 aromatic heterocycles. The highest BCUT2D eigenvalue weighted by molar-refractivity contribution is 6.39. The molecule has 0 saturated carbocycles. The molecule has 3 N–H and O–H groups in total. The van der Waals surface area contributed by atoms with Gasteiger partial charge in [-0.15, -0.1) is 0 Å². The number of carbonyl (C=O) groups is 2. The summed E-state index contributed by atoms with van der Waals surface area (Å²) < 4.78 is 0. The first kappa shape index (κ1) is 20.4. The summed E-state index contributed by atoms with van der Waals surface area (Å²) in [6, 6.07) is 7.58. The fourth-order valence-electron chi connectivity index (χ4n) is 4.10. The van der Waals surface area contributed by atoms with Crippen molar-refractivity contribution in [2.45, 2.75) is 83.8 Å². The standard InChI is InChI=1S/C21H33N3O2/c1-19(2,3)15-10-8-9-11-16(15)23-18(26)17(25)22-14-12-20(4,5)24-21(6,7)13-14/h8-11,14,24H,12-13H2,1-7H3,(H,22,25)(H,23,26). The minimum absolute atomic E-state index is 0.0302. The molecule has 0 spiro atoms. The van der Waals surface area contributed by atoms with Crippen molar-refractivity contribution in [3.63, 3.8) is 0 Å². The Balaban J connectivity index is 2.06. The molecule has 2 amide bonds. The maximum Gasteiger partial charge on any atom is 0.313 e. The molecule has 144 valence electrons. The molecule has 1 fully saturated rings. The lowest BCUT2D eigenvalue weighted by molar-refractivity contribution is -0.137. The Morgan fingerprint density at radius 1 is 1.00 bits per heavy atom. The highest BCUT2D eigenvalue weighted by Crippen LogP contribution is 2.30. The van der Waals surface area contributed by atoms with Gasteiger partial charge in [-0.2, -0.15) is 0 Å². The molecule has 0 atom stereocenters. The summed E-state index contributed by atoms with van der Waals surface area (Å²) in [5, 5.41) is 9.28. The quantitative estimate of drug-likeness (QED) is 0.709. The zero-order chi connectivity index (χ0) is 19.8. The molecule has 26 heavy (non-hydrogen) atoms. The summed E-state index contributed by atoms with van der Waals surface area (Å²) in [5.74, 6) is -1.19. The van der Waals surface area contributed by atoms with E-state index in [4.69, 9.17) is 0 Å². The van der Waals surface area contributed by atoms with Crippen molar-refractivity contribution in [2.75, 3.05) is 5.32 Å². The summed E-state index contributed by atoms with van der Waals surface area (Å²) in [5.41, 5.74) is 1.39. The number of nitrogens with one attached hydrogen (secondary N) is 3. The lowest BCUT2D eigenvalue weighted by atomic mass is 9.79. The van der Waals surface area contributed by atoms with E-state index in [2.05, 4.69) is 64.4 Å². The van der Waals surface area contributed by atoms with Crippen molar-refractivity contribution < 1.29 is 9.59 Å². The van der Waals surface area contributed by atoms with Crippen molar-refractivity contribution in [3.05, 3.63) is 29.8 Å². The molecule has 5 nitrogen and oxygen atoms in total. The third-order valence-electron chi connectivity index (χ3n) is 4.71. The number of piperidine rings is 1. The van der Waals surface area contributed by atoms with Crippen LogP contribution in [-0.4, -0.2) is 28.9 Å². The maximum atomic E-state index is 12.5. The minimum Gasteiger partial charge on any atom is -0.345 e. The van der Waals surface area contributed by atoms with Crippen LogP contribution in [0.4, 0.5) is 5.69 Å². The van der Waals surface area contributed by atoms with Gasteiger partial charge in [-0.3, -0.25) is 9.59 Å². The molecule has 1 saturated heterocycles. The van der Waals surface area contributed by atoms with E-state index < -0.39 is 11.8 Å². The molecule has 0 bridgehead atoms. The van der Waals surface area contributed by atoms with Crippen molar-refractivity contribution in [1.29, 1.82) is 0 Å². The average Bonchev–Trinajstić information content (AvgIpc) is 2.43. The zero-order valence-electron chi connectivity index (χ0n) is 17.1. The number of carbonyl (C=O) groups excluding carboxylic acids is 2. The van der Waals surface area contributed by atoms with Gasteiger partial charge in [0.2, 0.25) is 0 Å². The van der Waals surface area contributed by atoms with E-state index in [-0.39, 0.29) is 22.5 Å². The van der Waals surface area contributed by atoms with Crippen LogP contribution in [-0.2, 0) is 15.0 Å². The predicted molar refractivity (Wildman–Crippen MR) is 106 cm³/mol. The van der Waals surface area contributed by atoms with E-state index in [1.54, 1.807) is 0 Å². The molecule has 1 heterocycles. The lowest BCUT2D eigenvalue weighted by Crippen LogP contribution is -2.62. The third-order valence-corrected chi connectivity index (χ3v) is 4.71. The third kappa shape index (κ3) is 5.31. The number of amides is 2. The first-order valence-corrected chi connectivity index (χ1v) is 9.30. The van der Waals surface area contributed by atoms with Crippen molar-refractivity contribution in [1.82, 2.24) is 10.6 Å². The largest absolute Gasteiger partial charge is 0.345 e. The van der Waals surface area contributed by atoms with Crippen LogP contribution in [0.25, 0.3) is 0 Å². The highest BCUT2D eigenvalue weighted by atomic mass is 16.2. The first-order valence-electron chi connectivity index (χ1n) is 9.30. The molecule has 0 unspecified atom stereocenters. The molecule has 1 aliphatic heterocycles. The SMILES string of the molecule is CC1(C)CC(NC(=O)C(=O)Nc2ccccc2C(C)(C)C)CC(C)(C)N1. The molecule has 1 aromatic carbocycles. The van der Waals surface area contributed by atoms with Gasteiger partial charge in [-0.05, 0) is 57.6 Å². The van der Waals surface area contributed by atoms with Crippen molar-refractivity contribution >= 4 is 17.5 Å². The van der Waals surface area contributed by atoms with Crippen molar-refractivity contribution in [2.24, 2.45) is 0 Å². The van der Waals surface area contributed by atoms with Gasteiger partial charge in [0.1, 0.15) is 0 Å². The number of benzene rings is 1. The topological polar surface area (TPSA) is 70.2 Å². The van der Waals surface area contributed by atoms with Crippen LogP contribution in [0.1, 0.15) is 66.9 Å².